The number of nitrogens with zero attached hydrogens (tertiary/aromatic N) is 1. The molecule has 0 unspecified atom stereocenters. The fourth-order valence-electron chi connectivity index (χ4n) is 2.74. The number of benzene rings is 1. The number of aromatic nitrogens is 1. The average Bonchev–Trinajstić information content (AvgIpc) is 3.28. The predicted octanol–water partition coefficient (Wildman–Crippen LogP) is 4.59. The van der Waals surface area contributed by atoms with Crippen LogP contribution in [0, 0.1) is 12.8 Å². The summed E-state index contributed by atoms with van der Waals surface area (Å²) in [6, 6.07) is 5.96. The fourth-order valence-corrected chi connectivity index (χ4v) is 3.00. The van der Waals surface area contributed by atoms with Crippen molar-refractivity contribution in [3.05, 3.63) is 52.8 Å². The van der Waals surface area contributed by atoms with E-state index in [0.717, 1.165) is 5.56 Å². The van der Waals surface area contributed by atoms with E-state index in [1.165, 1.54) is 0 Å². The summed E-state index contributed by atoms with van der Waals surface area (Å²) in [6.07, 6.45) is -0.905. The summed E-state index contributed by atoms with van der Waals surface area (Å²) in [7, 11) is 0. The Labute approximate surface area is 153 Å². The highest BCUT2D eigenvalue weighted by molar-refractivity contribution is 6.31. The molecule has 1 aliphatic rings. The SMILES string of the molecule is Cc1ccncc1NC(=O)Cc1cc(Cl)cc(N[C@H]2C[C@H]2C(F)(F)F)c1. The lowest BCUT2D eigenvalue weighted by Gasteiger charge is -2.11. The Bertz CT molecular complexity index is 826. The third-order valence-corrected chi connectivity index (χ3v) is 4.42. The summed E-state index contributed by atoms with van der Waals surface area (Å²) in [5, 5.41) is 5.96. The van der Waals surface area contributed by atoms with Gasteiger partial charge >= 0.3 is 6.18 Å². The second kappa shape index (κ2) is 7.15. The third-order valence-electron chi connectivity index (χ3n) is 4.20. The maximum absolute atomic E-state index is 12.6. The predicted molar refractivity (Wildman–Crippen MR) is 94.3 cm³/mol. The Kier molecular flexibility index (Phi) is 5.09. The number of pyridine rings is 1. The minimum atomic E-state index is -4.19. The standard InChI is InChI=1S/C18H17ClF3N3O/c1-10-2-3-23-9-16(10)25-17(26)6-11-4-12(19)7-13(5-11)24-15-8-14(15)18(20,21)22/h2-5,7,9,14-15,24H,6,8H2,1H3,(H,25,26)/t14-,15+/m1/s1. The summed E-state index contributed by atoms with van der Waals surface area (Å²) < 4.78 is 37.9. The normalized spacial score (nSPS) is 19.1. The fraction of sp³-hybridized carbons (Fsp3) is 0.333. The lowest BCUT2D eigenvalue weighted by atomic mass is 10.1. The lowest BCUT2D eigenvalue weighted by Crippen LogP contribution is -2.18. The van der Waals surface area contributed by atoms with Crippen LogP contribution in [0.25, 0.3) is 0 Å². The molecule has 0 radical (unpaired) electrons. The largest absolute Gasteiger partial charge is 0.393 e. The van der Waals surface area contributed by atoms with E-state index >= 15 is 0 Å². The van der Waals surface area contributed by atoms with Crippen molar-refractivity contribution in [2.24, 2.45) is 5.92 Å². The van der Waals surface area contributed by atoms with E-state index in [0.29, 0.717) is 22.0 Å². The number of hydrogen-bond acceptors (Lipinski definition) is 3. The van der Waals surface area contributed by atoms with Crippen LogP contribution in [0.4, 0.5) is 24.5 Å². The summed E-state index contributed by atoms with van der Waals surface area (Å²) in [4.78, 5) is 16.2. The van der Waals surface area contributed by atoms with E-state index in [9.17, 15) is 18.0 Å². The van der Waals surface area contributed by atoms with Crippen LogP contribution in [-0.4, -0.2) is 23.1 Å². The zero-order valence-corrected chi connectivity index (χ0v) is 14.7. The molecule has 4 nitrogen and oxygen atoms in total. The molecule has 2 aromatic rings. The number of carbonyl (C=O) groups is 1. The maximum atomic E-state index is 12.6. The van der Waals surface area contributed by atoms with Crippen LogP contribution in [0.5, 0.6) is 0 Å². The molecule has 1 aromatic heterocycles. The molecule has 1 saturated carbocycles. The first-order chi connectivity index (χ1) is 12.2. The topological polar surface area (TPSA) is 54.0 Å². The van der Waals surface area contributed by atoms with E-state index in [1.807, 2.05) is 6.92 Å². The van der Waals surface area contributed by atoms with Crippen LogP contribution in [0.2, 0.25) is 5.02 Å². The number of carbonyl (C=O) groups excluding carboxylic acids is 1. The second-order valence-electron chi connectivity index (χ2n) is 6.40. The van der Waals surface area contributed by atoms with Crippen molar-refractivity contribution in [1.82, 2.24) is 4.98 Å². The molecule has 1 heterocycles. The van der Waals surface area contributed by atoms with Crippen molar-refractivity contribution in [2.45, 2.75) is 32.0 Å². The molecular formula is C18H17ClF3N3O. The van der Waals surface area contributed by atoms with Gasteiger partial charge in [0.2, 0.25) is 5.91 Å². The van der Waals surface area contributed by atoms with Crippen molar-refractivity contribution < 1.29 is 18.0 Å². The Morgan fingerprint density at radius 3 is 2.77 bits per heavy atom. The van der Waals surface area contributed by atoms with Gasteiger partial charge < -0.3 is 10.6 Å². The van der Waals surface area contributed by atoms with E-state index in [4.69, 9.17) is 11.6 Å². The Balaban J connectivity index is 1.64. The molecule has 0 saturated heterocycles. The first-order valence-corrected chi connectivity index (χ1v) is 8.43. The van der Waals surface area contributed by atoms with E-state index in [-0.39, 0.29) is 18.7 Å². The van der Waals surface area contributed by atoms with Gasteiger partial charge in [0.05, 0.1) is 24.2 Å². The molecule has 0 bridgehead atoms. The van der Waals surface area contributed by atoms with Gasteiger partial charge in [0.25, 0.3) is 0 Å². The van der Waals surface area contributed by atoms with Crippen molar-refractivity contribution in [3.63, 3.8) is 0 Å². The number of hydrogen-bond donors (Lipinski definition) is 2. The van der Waals surface area contributed by atoms with Crippen LogP contribution < -0.4 is 10.6 Å². The van der Waals surface area contributed by atoms with Gasteiger partial charge in [-0.15, -0.1) is 0 Å². The number of halogens is 4. The number of rotatable bonds is 5. The molecular weight excluding hydrogens is 367 g/mol. The first kappa shape index (κ1) is 18.5. The molecule has 0 spiro atoms. The highest BCUT2D eigenvalue weighted by Crippen LogP contribution is 2.46. The molecule has 8 heteroatoms. The Hall–Kier alpha value is -2.28. The lowest BCUT2D eigenvalue weighted by molar-refractivity contribution is -0.147. The zero-order valence-electron chi connectivity index (χ0n) is 13.9. The number of aryl methyl sites for hydroxylation is 1. The van der Waals surface area contributed by atoms with Crippen molar-refractivity contribution >= 4 is 28.9 Å². The molecule has 138 valence electrons. The minimum absolute atomic E-state index is 0.0477. The van der Waals surface area contributed by atoms with Gasteiger partial charge in [-0.05, 0) is 48.7 Å². The first-order valence-electron chi connectivity index (χ1n) is 8.05. The number of alkyl halides is 3. The van der Waals surface area contributed by atoms with E-state index in [2.05, 4.69) is 15.6 Å². The molecule has 1 aliphatic carbocycles. The smallest absolute Gasteiger partial charge is 0.382 e. The molecule has 1 aromatic carbocycles. The molecule has 1 fully saturated rings. The highest BCUT2D eigenvalue weighted by atomic mass is 35.5. The molecule has 3 rings (SSSR count). The quantitative estimate of drug-likeness (QED) is 0.794. The average molecular weight is 384 g/mol. The highest BCUT2D eigenvalue weighted by Gasteiger charge is 2.55. The van der Waals surface area contributed by atoms with Gasteiger partial charge in [0, 0.05) is 22.9 Å². The van der Waals surface area contributed by atoms with Gasteiger partial charge in [0.15, 0.2) is 0 Å². The van der Waals surface area contributed by atoms with E-state index < -0.39 is 18.1 Å². The van der Waals surface area contributed by atoms with Crippen LogP contribution in [-0.2, 0) is 11.2 Å². The molecule has 26 heavy (non-hydrogen) atoms. The minimum Gasteiger partial charge on any atom is -0.382 e. The summed E-state index contributed by atoms with van der Waals surface area (Å²) in [5.41, 5.74) is 2.59. The molecule has 2 N–H and O–H groups in total. The molecule has 1 amide bonds. The van der Waals surface area contributed by atoms with Gasteiger partial charge in [-0.2, -0.15) is 13.2 Å². The van der Waals surface area contributed by atoms with Crippen LogP contribution >= 0.6 is 11.6 Å². The van der Waals surface area contributed by atoms with Crippen molar-refractivity contribution in [2.75, 3.05) is 10.6 Å². The molecule has 0 aliphatic heterocycles. The monoisotopic (exact) mass is 383 g/mol. The zero-order chi connectivity index (χ0) is 18.9. The summed E-state index contributed by atoms with van der Waals surface area (Å²) in [6.45, 7) is 1.85. The number of anilines is 2. The van der Waals surface area contributed by atoms with Crippen LogP contribution in [0.3, 0.4) is 0 Å². The Morgan fingerprint density at radius 2 is 2.12 bits per heavy atom. The number of amides is 1. The second-order valence-corrected chi connectivity index (χ2v) is 6.83. The van der Waals surface area contributed by atoms with Crippen LogP contribution in [0.15, 0.2) is 36.7 Å². The molecule has 2 atom stereocenters. The third kappa shape index (κ3) is 4.66. The van der Waals surface area contributed by atoms with E-state index in [1.54, 1.807) is 36.7 Å². The van der Waals surface area contributed by atoms with Gasteiger partial charge in [0.1, 0.15) is 0 Å². The van der Waals surface area contributed by atoms with Gasteiger partial charge in [-0.3, -0.25) is 9.78 Å². The summed E-state index contributed by atoms with van der Waals surface area (Å²) >= 11 is 6.05. The maximum Gasteiger partial charge on any atom is 0.393 e. The van der Waals surface area contributed by atoms with Crippen LogP contribution in [0.1, 0.15) is 17.5 Å². The Morgan fingerprint density at radius 1 is 1.35 bits per heavy atom. The summed E-state index contributed by atoms with van der Waals surface area (Å²) in [5.74, 6) is -1.59. The van der Waals surface area contributed by atoms with Gasteiger partial charge in [-0.25, -0.2) is 0 Å². The van der Waals surface area contributed by atoms with Crippen molar-refractivity contribution in [1.29, 1.82) is 0 Å². The van der Waals surface area contributed by atoms with Crippen molar-refractivity contribution in [3.8, 4) is 0 Å². The number of nitrogens with one attached hydrogen (secondary N) is 2. The van der Waals surface area contributed by atoms with Gasteiger partial charge in [-0.1, -0.05) is 11.6 Å².